The SMILES string of the molecule is O=C(Nc1cccc(N2CCOC2=O)c1)c1ccc(F)cc1Cl. The molecule has 0 spiro atoms. The molecule has 3 rings (SSSR count). The van der Waals surface area contributed by atoms with Crippen molar-refractivity contribution in [2.45, 2.75) is 0 Å². The Bertz CT molecular complexity index is 782. The monoisotopic (exact) mass is 334 g/mol. The second-order valence-corrected chi connectivity index (χ2v) is 5.30. The van der Waals surface area contributed by atoms with Crippen LogP contribution < -0.4 is 10.2 Å². The molecule has 0 atom stereocenters. The molecule has 0 saturated carbocycles. The van der Waals surface area contributed by atoms with Crippen molar-refractivity contribution in [3.8, 4) is 0 Å². The molecule has 0 aliphatic carbocycles. The highest BCUT2D eigenvalue weighted by molar-refractivity contribution is 6.34. The van der Waals surface area contributed by atoms with Crippen molar-refractivity contribution in [2.24, 2.45) is 0 Å². The van der Waals surface area contributed by atoms with E-state index in [0.717, 1.165) is 12.1 Å². The maximum atomic E-state index is 13.0. The van der Waals surface area contributed by atoms with Gasteiger partial charge >= 0.3 is 6.09 Å². The van der Waals surface area contributed by atoms with Crippen LogP contribution in [0.2, 0.25) is 5.02 Å². The number of hydrogen-bond donors (Lipinski definition) is 1. The van der Waals surface area contributed by atoms with Gasteiger partial charge in [0.15, 0.2) is 0 Å². The highest BCUT2D eigenvalue weighted by Crippen LogP contribution is 2.24. The van der Waals surface area contributed by atoms with Crippen LogP contribution in [0.1, 0.15) is 10.4 Å². The number of anilines is 2. The summed E-state index contributed by atoms with van der Waals surface area (Å²) in [5, 5.41) is 2.70. The van der Waals surface area contributed by atoms with Crippen LogP contribution in [0, 0.1) is 5.82 Å². The summed E-state index contributed by atoms with van der Waals surface area (Å²) < 4.78 is 17.9. The highest BCUT2D eigenvalue weighted by atomic mass is 35.5. The minimum atomic E-state index is -0.513. The van der Waals surface area contributed by atoms with Gasteiger partial charge in [0.2, 0.25) is 0 Å². The molecular formula is C16H12ClFN2O3. The summed E-state index contributed by atoms with van der Waals surface area (Å²) in [6.45, 7) is 0.792. The van der Waals surface area contributed by atoms with E-state index in [1.807, 2.05) is 0 Å². The van der Waals surface area contributed by atoms with Gasteiger partial charge in [-0.2, -0.15) is 0 Å². The van der Waals surface area contributed by atoms with Gasteiger partial charge in [-0.25, -0.2) is 9.18 Å². The summed E-state index contributed by atoms with van der Waals surface area (Å²) in [6.07, 6.45) is -0.421. The van der Waals surface area contributed by atoms with Gasteiger partial charge in [0.25, 0.3) is 5.91 Å². The first-order chi connectivity index (χ1) is 11.0. The molecule has 2 aromatic carbocycles. The van der Waals surface area contributed by atoms with Crippen LogP contribution in [0.25, 0.3) is 0 Å². The summed E-state index contributed by atoms with van der Waals surface area (Å²) in [7, 11) is 0. The number of benzene rings is 2. The molecule has 1 aliphatic heterocycles. The van der Waals surface area contributed by atoms with Gasteiger partial charge in [-0.3, -0.25) is 9.69 Å². The van der Waals surface area contributed by atoms with Gasteiger partial charge < -0.3 is 10.1 Å². The van der Waals surface area contributed by atoms with Crippen molar-refractivity contribution in [2.75, 3.05) is 23.4 Å². The lowest BCUT2D eigenvalue weighted by molar-refractivity contribution is 0.102. The van der Waals surface area contributed by atoms with Crippen LogP contribution >= 0.6 is 11.6 Å². The molecule has 0 bridgehead atoms. The molecule has 7 heteroatoms. The van der Waals surface area contributed by atoms with Crippen molar-refractivity contribution in [1.29, 1.82) is 0 Å². The molecule has 118 valence electrons. The Kier molecular flexibility index (Phi) is 4.16. The maximum Gasteiger partial charge on any atom is 0.414 e. The maximum absolute atomic E-state index is 13.0. The largest absolute Gasteiger partial charge is 0.447 e. The number of carbonyl (C=O) groups is 2. The lowest BCUT2D eigenvalue weighted by Gasteiger charge is -2.14. The predicted octanol–water partition coefficient (Wildman–Crippen LogP) is 3.69. The molecule has 2 amide bonds. The topological polar surface area (TPSA) is 58.6 Å². The summed E-state index contributed by atoms with van der Waals surface area (Å²) >= 11 is 5.87. The van der Waals surface area contributed by atoms with Crippen LogP contribution in [-0.4, -0.2) is 25.2 Å². The average Bonchev–Trinajstić information content (AvgIpc) is 2.93. The Hall–Kier alpha value is -2.60. The molecule has 5 nitrogen and oxygen atoms in total. The molecule has 0 unspecified atom stereocenters. The van der Waals surface area contributed by atoms with E-state index in [9.17, 15) is 14.0 Å². The van der Waals surface area contributed by atoms with Crippen LogP contribution in [0.15, 0.2) is 42.5 Å². The second kappa shape index (κ2) is 6.26. The van der Waals surface area contributed by atoms with E-state index in [2.05, 4.69) is 5.32 Å². The first kappa shape index (κ1) is 15.3. The molecule has 1 aliphatic rings. The number of carbonyl (C=O) groups excluding carboxylic acids is 2. The molecule has 1 saturated heterocycles. The fourth-order valence-corrected chi connectivity index (χ4v) is 2.50. The minimum Gasteiger partial charge on any atom is -0.447 e. The van der Waals surface area contributed by atoms with Crippen molar-refractivity contribution >= 4 is 35.0 Å². The Labute approximate surface area is 136 Å². The number of ether oxygens (including phenoxy) is 1. The summed E-state index contributed by atoms with van der Waals surface area (Å²) in [6, 6.07) is 10.3. The number of halogens is 2. The van der Waals surface area contributed by atoms with Crippen LogP contribution in [0.5, 0.6) is 0 Å². The Morgan fingerprint density at radius 3 is 2.78 bits per heavy atom. The molecule has 1 fully saturated rings. The number of rotatable bonds is 3. The van der Waals surface area contributed by atoms with E-state index < -0.39 is 17.8 Å². The smallest absolute Gasteiger partial charge is 0.414 e. The van der Waals surface area contributed by atoms with Gasteiger partial charge in [0, 0.05) is 11.4 Å². The zero-order valence-corrected chi connectivity index (χ0v) is 12.6. The number of hydrogen-bond acceptors (Lipinski definition) is 3. The van der Waals surface area contributed by atoms with Crippen molar-refractivity contribution in [3.05, 3.63) is 58.9 Å². The van der Waals surface area contributed by atoms with E-state index in [4.69, 9.17) is 16.3 Å². The van der Waals surface area contributed by atoms with Crippen LogP contribution in [0.4, 0.5) is 20.6 Å². The fourth-order valence-electron chi connectivity index (χ4n) is 2.25. The van der Waals surface area contributed by atoms with Gasteiger partial charge in [-0.05, 0) is 36.4 Å². The van der Waals surface area contributed by atoms with E-state index in [0.29, 0.717) is 24.5 Å². The molecule has 1 N–H and O–H groups in total. The molecule has 0 radical (unpaired) electrons. The Balaban J connectivity index is 1.80. The summed E-state index contributed by atoms with van der Waals surface area (Å²) in [5.74, 6) is -0.975. The zero-order valence-electron chi connectivity index (χ0n) is 11.9. The van der Waals surface area contributed by atoms with Crippen molar-refractivity contribution in [3.63, 3.8) is 0 Å². The second-order valence-electron chi connectivity index (χ2n) is 4.89. The van der Waals surface area contributed by atoms with Crippen molar-refractivity contribution < 1.29 is 18.7 Å². The van der Waals surface area contributed by atoms with Crippen LogP contribution in [-0.2, 0) is 4.74 Å². The number of nitrogens with zero attached hydrogens (tertiary/aromatic N) is 1. The minimum absolute atomic E-state index is 0.0294. The van der Waals surface area contributed by atoms with E-state index in [1.165, 1.54) is 11.0 Å². The fraction of sp³-hybridized carbons (Fsp3) is 0.125. The van der Waals surface area contributed by atoms with Gasteiger partial charge in [-0.1, -0.05) is 17.7 Å². The molecule has 23 heavy (non-hydrogen) atoms. The first-order valence-corrected chi connectivity index (χ1v) is 7.23. The Morgan fingerprint density at radius 2 is 2.09 bits per heavy atom. The normalized spacial score (nSPS) is 13.8. The Morgan fingerprint density at radius 1 is 1.26 bits per heavy atom. The quantitative estimate of drug-likeness (QED) is 0.931. The lowest BCUT2D eigenvalue weighted by atomic mass is 10.2. The van der Waals surface area contributed by atoms with E-state index in [1.54, 1.807) is 24.3 Å². The van der Waals surface area contributed by atoms with Crippen LogP contribution in [0.3, 0.4) is 0 Å². The van der Waals surface area contributed by atoms with Gasteiger partial charge in [0.1, 0.15) is 12.4 Å². The summed E-state index contributed by atoms with van der Waals surface area (Å²) in [4.78, 5) is 25.3. The molecule has 2 aromatic rings. The zero-order chi connectivity index (χ0) is 16.4. The third-order valence-corrected chi connectivity index (χ3v) is 3.66. The third kappa shape index (κ3) is 3.27. The van der Waals surface area contributed by atoms with Gasteiger partial charge in [0.05, 0.1) is 17.1 Å². The molecule has 0 aromatic heterocycles. The number of nitrogens with one attached hydrogen (secondary N) is 1. The lowest BCUT2D eigenvalue weighted by Crippen LogP contribution is -2.23. The predicted molar refractivity (Wildman–Crippen MR) is 84.5 cm³/mol. The van der Waals surface area contributed by atoms with E-state index >= 15 is 0 Å². The first-order valence-electron chi connectivity index (χ1n) is 6.85. The molecular weight excluding hydrogens is 323 g/mol. The summed E-state index contributed by atoms with van der Waals surface area (Å²) in [5.41, 5.74) is 1.28. The number of cyclic esters (lactones) is 1. The number of amides is 2. The van der Waals surface area contributed by atoms with Gasteiger partial charge in [-0.15, -0.1) is 0 Å². The standard InChI is InChI=1S/C16H12ClFN2O3/c17-14-8-10(18)4-5-13(14)15(21)19-11-2-1-3-12(9-11)20-6-7-23-16(20)22/h1-5,8-9H,6-7H2,(H,19,21). The third-order valence-electron chi connectivity index (χ3n) is 3.35. The molecule has 1 heterocycles. The highest BCUT2D eigenvalue weighted by Gasteiger charge is 2.23. The van der Waals surface area contributed by atoms with Crippen molar-refractivity contribution in [1.82, 2.24) is 0 Å². The van der Waals surface area contributed by atoms with E-state index in [-0.39, 0.29) is 10.6 Å². The average molecular weight is 335 g/mol.